The summed E-state index contributed by atoms with van der Waals surface area (Å²) in [4.78, 5) is 27.5. The molecule has 1 amide bonds. The van der Waals surface area contributed by atoms with Gasteiger partial charge >= 0.3 is 0 Å². The minimum absolute atomic E-state index is 0.00107. The highest BCUT2D eigenvalue weighted by Crippen LogP contribution is 2.31. The Morgan fingerprint density at radius 2 is 1.83 bits per heavy atom. The third-order valence-electron chi connectivity index (χ3n) is 8.96. The Balaban J connectivity index is 1.23. The Morgan fingerprint density at radius 3 is 2.63 bits per heavy atom. The summed E-state index contributed by atoms with van der Waals surface area (Å²) >= 11 is 0. The SMILES string of the molecule is CC(CCN1CCCCC1)Nc1cc(-c2ccc3c(c2)cc(C(=O)NC2CCN(C)CC2)n3C)nc2ccncc12. The van der Waals surface area contributed by atoms with Gasteiger partial charge in [0.2, 0.25) is 0 Å². The smallest absolute Gasteiger partial charge is 0.268 e. The lowest BCUT2D eigenvalue weighted by atomic mass is 10.1. The van der Waals surface area contributed by atoms with E-state index in [9.17, 15) is 4.79 Å². The molecule has 216 valence electrons. The van der Waals surface area contributed by atoms with E-state index < -0.39 is 0 Å². The molecule has 5 heterocycles. The summed E-state index contributed by atoms with van der Waals surface area (Å²) in [6.45, 7) is 7.88. The van der Waals surface area contributed by atoms with E-state index in [4.69, 9.17) is 4.98 Å². The van der Waals surface area contributed by atoms with Gasteiger partial charge in [0.1, 0.15) is 5.69 Å². The number of anilines is 1. The van der Waals surface area contributed by atoms with Crippen molar-refractivity contribution in [2.45, 2.75) is 57.5 Å². The number of aryl methyl sites for hydroxylation is 1. The van der Waals surface area contributed by atoms with Crippen LogP contribution in [0.25, 0.3) is 33.1 Å². The summed E-state index contributed by atoms with van der Waals surface area (Å²) in [5.41, 5.74) is 5.67. The molecule has 1 atom stereocenters. The standard InChI is InChI=1S/C33H43N7O/c1-23(10-18-40-14-5-4-6-15-40)35-30-21-29(37-28-9-13-34-22-27(28)30)24-7-8-31-25(19-24)20-32(39(31)3)33(41)36-26-11-16-38(2)17-12-26/h7-9,13,19-23,26H,4-6,10-12,14-18H2,1-3H3,(H,35,37)(H,36,41). The quantitative estimate of drug-likeness (QED) is 0.309. The van der Waals surface area contributed by atoms with Gasteiger partial charge in [-0.25, -0.2) is 4.98 Å². The Bertz CT molecular complexity index is 1520. The molecule has 1 aromatic carbocycles. The first-order chi connectivity index (χ1) is 19.9. The molecule has 4 aromatic rings. The van der Waals surface area contributed by atoms with Crippen LogP contribution in [0.3, 0.4) is 0 Å². The maximum absolute atomic E-state index is 13.2. The third kappa shape index (κ3) is 6.23. The summed E-state index contributed by atoms with van der Waals surface area (Å²) in [7, 11) is 4.11. The molecule has 1 unspecified atom stereocenters. The van der Waals surface area contributed by atoms with Crippen molar-refractivity contribution >= 4 is 33.4 Å². The van der Waals surface area contributed by atoms with Crippen LogP contribution in [0.4, 0.5) is 5.69 Å². The van der Waals surface area contributed by atoms with E-state index in [1.165, 1.54) is 32.4 Å². The molecule has 8 heteroatoms. The summed E-state index contributed by atoms with van der Waals surface area (Å²) in [5.74, 6) is 0.00107. The molecule has 6 rings (SSSR count). The second kappa shape index (κ2) is 12.2. The zero-order valence-electron chi connectivity index (χ0n) is 24.7. The van der Waals surface area contributed by atoms with E-state index in [2.05, 4.69) is 63.7 Å². The Labute approximate surface area is 243 Å². The van der Waals surface area contributed by atoms with E-state index in [-0.39, 0.29) is 11.9 Å². The van der Waals surface area contributed by atoms with Crippen LogP contribution < -0.4 is 10.6 Å². The zero-order chi connectivity index (χ0) is 28.3. The Morgan fingerprint density at radius 1 is 1.02 bits per heavy atom. The van der Waals surface area contributed by atoms with Crippen LogP contribution in [0.15, 0.2) is 48.8 Å². The van der Waals surface area contributed by atoms with Crippen molar-refractivity contribution in [1.29, 1.82) is 0 Å². The van der Waals surface area contributed by atoms with Gasteiger partial charge < -0.3 is 25.0 Å². The number of amides is 1. The van der Waals surface area contributed by atoms with Crippen molar-refractivity contribution in [3.63, 3.8) is 0 Å². The molecule has 0 aliphatic carbocycles. The van der Waals surface area contributed by atoms with Gasteiger partial charge in [0.25, 0.3) is 5.91 Å². The second-order valence-corrected chi connectivity index (χ2v) is 12.1. The molecule has 2 N–H and O–H groups in total. The Kier molecular flexibility index (Phi) is 8.21. The summed E-state index contributed by atoms with van der Waals surface area (Å²) in [6.07, 6.45) is 10.8. The second-order valence-electron chi connectivity index (χ2n) is 12.1. The number of carbonyl (C=O) groups excluding carboxylic acids is 1. The average molecular weight is 554 g/mol. The van der Waals surface area contributed by atoms with Crippen molar-refractivity contribution in [3.05, 3.63) is 54.5 Å². The Hall–Kier alpha value is -3.49. The number of hydrogen-bond acceptors (Lipinski definition) is 6. The summed E-state index contributed by atoms with van der Waals surface area (Å²) < 4.78 is 2.00. The van der Waals surface area contributed by atoms with Crippen LogP contribution in [0.5, 0.6) is 0 Å². The number of hydrogen-bond donors (Lipinski definition) is 2. The molecule has 2 saturated heterocycles. The largest absolute Gasteiger partial charge is 0.382 e. The van der Waals surface area contributed by atoms with Gasteiger partial charge in [-0.2, -0.15) is 0 Å². The topological polar surface area (TPSA) is 78.3 Å². The van der Waals surface area contributed by atoms with E-state index >= 15 is 0 Å². The molecule has 3 aromatic heterocycles. The number of fused-ring (bicyclic) bond motifs is 2. The zero-order valence-corrected chi connectivity index (χ0v) is 24.7. The average Bonchev–Trinajstić information content (AvgIpc) is 3.33. The third-order valence-corrected chi connectivity index (χ3v) is 8.96. The van der Waals surface area contributed by atoms with Crippen molar-refractivity contribution in [1.82, 2.24) is 29.7 Å². The number of piperidine rings is 2. The number of likely N-dealkylation sites (tertiary alicyclic amines) is 2. The van der Waals surface area contributed by atoms with E-state index in [1.807, 2.05) is 29.9 Å². The summed E-state index contributed by atoms with van der Waals surface area (Å²) in [6, 6.07) is 13.1. The van der Waals surface area contributed by atoms with Crippen LogP contribution in [-0.4, -0.2) is 82.1 Å². The maximum atomic E-state index is 13.2. The highest BCUT2D eigenvalue weighted by atomic mass is 16.2. The normalized spacial score (nSPS) is 18.1. The van der Waals surface area contributed by atoms with E-state index in [0.29, 0.717) is 11.7 Å². The van der Waals surface area contributed by atoms with Crippen LogP contribution in [0.2, 0.25) is 0 Å². The molecule has 0 bridgehead atoms. The number of carbonyl (C=O) groups is 1. The fourth-order valence-corrected chi connectivity index (χ4v) is 6.37. The van der Waals surface area contributed by atoms with Gasteiger partial charge in [-0.1, -0.05) is 12.5 Å². The molecule has 0 radical (unpaired) electrons. The van der Waals surface area contributed by atoms with E-state index in [1.54, 1.807) is 6.20 Å². The highest BCUT2D eigenvalue weighted by Gasteiger charge is 2.22. The first-order valence-corrected chi connectivity index (χ1v) is 15.3. The van der Waals surface area contributed by atoms with Crippen LogP contribution in [-0.2, 0) is 7.05 Å². The van der Waals surface area contributed by atoms with Gasteiger partial charge in [0.15, 0.2) is 0 Å². The lowest BCUT2D eigenvalue weighted by molar-refractivity contribution is 0.0909. The first kappa shape index (κ1) is 27.7. The molecule has 2 fully saturated rings. The minimum atomic E-state index is 0.00107. The van der Waals surface area contributed by atoms with Crippen molar-refractivity contribution < 1.29 is 4.79 Å². The van der Waals surface area contributed by atoms with Crippen molar-refractivity contribution in [2.24, 2.45) is 7.05 Å². The van der Waals surface area contributed by atoms with Crippen LogP contribution in [0, 0.1) is 0 Å². The van der Waals surface area contributed by atoms with Crippen molar-refractivity contribution in [3.8, 4) is 11.3 Å². The van der Waals surface area contributed by atoms with E-state index in [0.717, 1.165) is 77.6 Å². The van der Waals surface area contributed by atoms with Crippen LogP contribution >= 0.6 is 0 Å². The van der Waals surface area contributed by atoms with Crippen molar-refractivity contribution in [2.75, 3.05) is 45.1 Å². The fraction of sp³-hybridized carbons (Fsp3) is 0.485. The molecular weight excluding hydrogens is 510 g/mol. The highest BCUT2D eigenvalue weighted by molar-refractivity contribution is 6.00. The molecule has 0 spiro atoms. The molecule has 2 aliphatic rings. The van der Waals surface area contributed by atoms with Gasteiger partial charge in [-0.3, -0.25) is 9.78 Å². The predicted octanol–water partition coefficient (Wildman–Crippen LogP) is 5.29. The summed E-state index contributed by atoms with van der Waals surface area (Å²) in [5, 5.41) is 9.12. The number of pyridine rings is 2. The van der Waals surface area contributed by atoms with Gasteiger partial charge in [0.05, 0.1) is 11.2 Å². The molecule has 2 aliphatic heterocycles. The molecule has 0 saturated carbocycles. The number of nitrogens with one attached hydrogen (secondary N) is 2. The fourth-order valence-electron chi connectivity index (χ4n) is 6.37. The number of rotatable bonds is 8. The molecular formula is C33H43N7O. The predicted molar refractivity (Wildman–Crippen MR) is 167 cm³/mol. The van der Waals surface area contributed by atoms with Crippen LogP contribution in [0.1, 0.15) is 55.9 Å². The lowest BCUT2D eigenvalue weighted by Gasteiger charge is -2.29. The maximum Gasteiger partial charge on any atom is 0.268 e. The monoisotopic (exact) mass is 553 g/mol. The lowest BCUT2D eigenvalue weighted by Crippen LogP contribution is -2.43. The number of nitrogens with zero attached hydrogens (tertiary/aromatic N) is 5. The molecule has 8 nitrogen and oxygen atoms in total. The van der Waals surface area contributed by atoms with Gasteiger partial charge in [0, 0.05) is 65.6 Å². The number of aromatic nitrogens is 3. The van der Waals surface area contributed by atoms with Gasteiger partial charge in [-0.05, 0) is 103 Å². The molecule has 41 heavy (non-hydrogen) atoms. The first-order valence-electron chi connectivity index (χ1n) is 15.3. The van der Waals surface area contributed by atoms with Gasteiger partial charge in [-0.15, -0.1) is 0 Å². The number of benzene rings is 1. The minimum Gasteiger partial charge on any atom is -0.382 e.